The van der Waals surface area contributed by atoms with Crippen molar-refractivity contribution in [2.24, 2.45) is 41.4 Å². The number of hydrogen-bond donors (Lipinski definition) is 0. The predicted octanol–water partition coefficient (Wildman–Crippen LogP) is 8.67. The second-order valence-electron chi connectivity index (χ2n) is 14.9. The number of esters is 2. The van der Waals surface area contributed by atoms with E-state index in [-0.39, 0.29) is 52.6 Å². The van der Waals surface area contributed by atoms with E-state index < -0.39 is 17.9 Å². The molecule has 0 aromatic heterocycles. The Morgan fingerprint density at radius 1 is 0.673 bits per heavy atom. The smallest absolute Gasteiger partial charge is 0.309 e. The van der Waals surface area contributed by atoms with Gasteiger partial charge in [0, 0.05) is 41.9 Å². The van der Waals surface area contributed by atoms with Crippen molar-refractivity contribution in [3.05, 3.63) is 81.9 Å². The van der Waals surface area contributed by atoms with Crippen molar-refractivity contribution >= 4 is 23.5 Å². The molecule has 0 amide bonds. The van der Waals surface area contributed by atoms with Gasteiger partial charge < -0.3 is 9.47 Å². The quantitative estimate of drug-likeness (QED) is 0.0902. The van der Waals surface area contributed by atoms with Crippen molar-refractivity contribution in [2.45, 2.75) is 117 Å². The molecular weight excluding hydrogens is 658 g/mol. The zero-order valence-electron chi connectivity index (χ0n) is 32.0. The molecule has 4 rings (SSSR count). The van der Waals surface area contributed by atoms with Crippen LogP contribution in [0.5, 0.6) is 0 Å². The molecule has 9 heteroatoms. The number of rotatable bonds is 17. The van der Waals surface area contributed by atoms with Crippen LogP contribution in [0, 0.1) is 51.5 Å². The number of Topliss-reactive ketones (excluding diaryl/α,β-unsaturated/α-hetero) is 2. The Bertz CT molecular complexity index is 1410. The lowest BCUT2D eigenvalue weighted by atomic mass is 9.70. The van der Waals surface area contributed by atoms with Crippen LogP contribution in [-0.4, -0.2) is 48.7 Å². The molecule has 0 saturated heterocycles. The number of nitro groups is 1. The summed E-state index contributed by atoms with van der Waals surface area (Å²) in [6, 6.07) is 18.8. The van der Waals surface area contributed by atoms with Gasteiger partial charge in [-0.05, 0) is 67.9 Å². The molecule has 0 radical (unpaired) electrons. The first-order valence-electron chi connectivity index (χ1n) is 19.5. The normalized spacial score (nSPS) is 22.3. The predicted molar refractivity (Wildman–Crippen MR) is 202 cm³/mol. The summed E-state index contributed by atoms with van der Waals surface area (Å²) in [5.41, 5.74) is 2.04. The topological polar surface area (TPSA) is 130 Å². The van der Waals surface area contributed by atoms with E-state index >= 15 is 0 Å². The van der Waals surface area contributed by atoms with Gasteiger partial charge in [-0.1, -0.05) is 107 Å². The lowest BCUT2D eigenvalue weighted by Crippen LogP contribution is -2.40. The summed E-state index contributed by atoms with van der Waals surface area (Å²) in [7, 11) is 2.73. The van der Waals surface area contributed by atoms with E-state index in [2.05, 4.69) is 13.8 Å². The van der Waals surface area contributed by atoms with Crippen molar-refractivity contribution in [3.63, 3.8) is 0 Å². The van der Waals surface area contributed by atoms with Crippen LogP contribution in [-0.2, 0) is 41.5 Å². The largest absolute Gasteiger partial charge is 0.469 e. The first-order valence-corrected chi connectivity index (χ1v) is 19.5. The summed E-state index contributed by atoms with van der Waals surface area (Å²) in [5.74, 6) is -0.877. The van der Waals surface area contributed by atoms with E-state index in [0.717, 1.165) is 36.8 Å². The second kappa shape index (κ2) is 22.2. The Hall–Kier alpha value is -3.88. The van der Waals surface area contributed by atoms with Crippen molar-refractivity contribution in [2.75, 3.05) is 14.2 Å². The van der Waals surface area contributed by atoms with Crippen LogP contribution in [0.3, 0.4) is 0 Å². The van der Waals surface area contributed by atoms with Gasteiger partial charge in [0.15, 0.2) is 0 Å². The van der Waals surface area contributed by atoms with Crippen LogP contribution in [0.4, 0.5) is 0 Å². The number of carbonyl (C=O) groups is 4. The Kier molecular flexibility index (Phi) is 18.2. The highest BCUT2D eigenvalue weighted by molar-refractivity contribution is 5.87. The molecule has 2 aliphatic carbocycles. The number of nitrogens with zero attached hydrogens (tertiary/aromatic N) is 1. The first kappa shape index (κ1) is 42.5. The molecule has 52 heavy (non-hydrogen) atoms. The zero-order valence-corrected chi connectivity index (χ0v) is 32.0. The molecule has 0 spiro atoms. The maximum atomic E-state index is 13.0. The standard InChI is InChI=1S/C22H32O3.C21H29NO5/c1-4-19(20-13-9-8-10-16(20)2)21(23)15-18(22(24)25-3)14-17-11-6-5-7-12-17;1-3-17(18-11-7-8-12-19(18)22(25)26)20(23)14-16(21(24)27-2)13-15-9-5-4-6-10-15/h5-7,11-12,16,18-20H,4,8-10,13-15H2,1-3H3;4-6,9-10,16-19H,3,7-8,11-14H2,1-2H3/t16-,18+,19-,20+;16-,17+,18+,19+/m01/s1. The van der Waals surface area contributed by atoms with Crippen molar-refractivity contribution in [1.29, 1.82) is 0 Å². The highest BCUT2D eigenvalue weighted by atomic mass is 16.6. The molecule has 0 bridgehead atoms. The fourth-order valence-electron chi connectivity index (χ4n) is 8.75. The average Bonchev–Trinajstić information content (AvgIpc) is 3.16. The van der Waals surface area contributed by atoms with Gasteiger partial charge in [-0.3, -0.25) is 29.3 Å². The van der Waals surface area contributed by atoms with Crippen LogP contribution < -0.4 is 0 Å². The molecule has 0 N–H and O–H groups in total. The Balaban J connectivity index is 0.000000281. The molecule has 286 valence electrons. The number of ketones is 2. The van der Waals surface area contributed by atoms with E-state index in [0.29, 0.717) is 50.4 Å². The fraction of sp³-hybridized carbons (Fsp3) is 0.628. The third-order valence-corrected chi connectivity index (χ3v) is 11.6. The summed E-state index contributed by atoms with van der Waals surface area (Å²) in [5, 5.41) is 11.4. The number of ether oxygens (including phenoxy) is 2. The van der Waals surface area contributed by atoms with Gasteiger partial charge in [0.25, 0.3) is 0 Å². The molecule has 2 aromatic carbocycles. The van der Waals surface area contributed by atoms with E-state index in [4.69, 9.17) is 9.47 Å². The monoisotopic (exact) mass is 719 g/mol. The average molecular weight is 720 g/mol. The van der Waals surface area contributed by atoms with E-state index in [1.54, 1.807) is 0 Å². The summed E-state index contributed by atoms with van der Waals surface area (Å²) < 4.78 is 9.88. The number of carbonyl (C=O) groups excluding carboxylic acids is 4. The highest BCUT2D eigenvalue weighted by Gasteiger charge is 2.42. The van der Waals surface area contributed by atoms with E-state index in [1.807, 2.05) is 67.6 Å². The Morgan fingerprint density at radius 3 is 1.48 bits per heavy atom. The van der Waals surface area contributed by atoms with Crippen molar-refractivity contribution in [1.82, 2.24) is 0 Å². The van der Waals surface area contributed by atoms with Gasteiger partial charge in [-0.2, -0.15) is 0 Å². The third-order valence-electron chi connectivity index (χ3n) is 11.6. The highest BCUT2D eigenvalue weighted by Crippen LogP contribution is 2.38. The van der Waals surface area contributed by atoms with Crippen molar-refractivity contribution in [3.8, 4) is 0 Å². The molecule has 0 unspecified atom stereocenters. The molecule has 2 aliphatic rings. The molecule has 2 saturated carbocycles. The molecule has 0 aliphatic heterocycles. The van der Waals surface area contributed by atoms with Crippen molar-refractivity contribution < 1.29 is 33.6 Å². The second-order valence-corrected chi connectivity index (χ2v) is 14.9. The van der Waals surface area contributed by atoms with Crippen LogP contribution in [0.2, 0.25) is 0 Å². The van der Waals surface area contributed by atoms with E-state index in [9.17, 15) is 29.3 Å². The Labute approximate surface area is 310 Å². The lowest BCUT2D eigenvalue weighted by Gasteiger charge is -2.34. The van der Waals surface area contributed by atoms with Gasteiger partial charge in [-0.25, -0.2) is 0 Å². The first-order chi connectivity index (χ1) is 25.0. The van der Waals surface area contributed by atoms with Crippen LogP contribution in [0.15, 0.2) is 60.7 Å². The van der Waals surface area contributed by atoms with Crippen LogP contribution in [0.25, 0.3) is 0 Å². The van der Waals surface area contributed by atoms with Gasteiger partial charge in [0.2, 0.25) is 6.04 Å². The minimum atomic E-state index is -0.654. The van der Waals surface area contributed by atoms with E-state index in [1.165, 1.54) is 33.5 Å². The summed E-state index contributed by atoms with van der Waals surface area (Å²) in [4.78, 5) is 61.7. The number of benzene rings is 2. The molecule has 0 heterocycles. The Morgan fingerprint density at radius 2 is 1.08 bits per heavy atom. The molecular formula is C43H61NO8. The van der Waals surface area contributed by atoms with Gasteiger partial charge in [-0.15, -0.1) is 0 Å². The summed E-state index contributed by atoms with van der Waals surface area (Å²) in [6.07, 6.45) is 10.7. The summed E-state index contributed by atoms with van der Waals surface area (Å²) >= 11 is 0. The minimum Gasteiger partial charge on any atom is -0.469 e. The van der Waals surface area contributed by atoms with Gasteiger partial charge in [0.1, 0.15) is 11.6 Å². The lowest BCUT2D eigenvalue weighted by molar-refractivity contribution is -0.537. The maximum Gasteiger partial charge on any atom is 0.309 e. The SMILES string of the molecule is CC[C@H](C(=O)C[C@@H](Cc1ccccc1)C(=O)OC)[C@@H]1CCCC[C@@H]1C.CC[C@H](C(=O)C[C@@H](Cc1ccccc1)C(=O)OC)[C@@H]1CCCC[C@@H]1[N+](=O)[O-]. The van der Waals surface area contributed by atoms with Crippen LogP contribution in [0.1, 0.15) is 109 Å². The molecule has 2 aromatic rings. The van der Waals surface area contributed by atoms with Crippen LogP contribution >= 0.6 is 0 Å². The number of hydrogen-bond acceptors (Lipinski definition) is 8. The minimum absolute atomic E-state index is 0.0532. The third kappa shape index (κ3) is 12.7. The molecule has 9 nitrogen and oxygen atoms in total. The summed E-state index contributed by atoms with van der Waals surface area (Å²) in [6.45, 7) is 6.29. The fourth-order valence-corrected chi connectivity index (χ4v) is 8.75. The zero-order chi connectivity index (χ0) is 38.0. The van der Waals surface area contributed by atoms with Gasteiger partial charge >= 0.3 is 11.9 Å². The van der Waals surface area contributed by atoms with Gasteiger partial charge in [0.05, 0.1) is 26.1 Å². The number of methoxy groups -OCH3 is 2. The molecule has 2 fully saturated rings. The molecule has 8 atom stereocenters. The maximum absolute atomic E-state index is 13.0.